The van der Waals surface area contributed by atoms with Gasteiger partial charge in [-0.05, 0) is 24.0 Å². The number of benzene rings is 1. The van der Waals surface area contributed by atoms with Gasteiger partial charge in [-0.3, -0.25) is 4.90 Å². The fourth-order valence-electron chi connectivity index (χ4n) is 4.50. The molecule has 0 radical (unpaired) electrons. The van der Waals surface area contributed by atoms with Crippen LogP contribution in [0, 0.1) is 0 Å². The zero-order valence-electron chi connectivity index (χ0n) is 19.3. The molecule has 0 saturated carbocycles. The van der Waals surface area contributed by atoms with Gasteiger partial charge in [0.25, 0.3) is 0 Å². The average molecular weight is 441 g/mol. The van der Waals surface area contributed by atoms with E-state index in [1.807, 2.05) is 25.1 Å². The molecule has 2 aliphatic rings. The van der Waals surface area contributed by atoms with Gasteiger partial charge in [-0.2, -0.15) is 0 Å². The zero-order valence-corrected chi connectivity index (χ0v) is 19.3. The van der Waals surface area contributed by atoms with Crippen LogP contribution in [-0.4, -0.2) is 85.6 Å². The Morgan fingerprint density at radius 1 is 1.12 bits per heavy atom. The summed E-state index contributed by atoms with van der Waals surface area (Å²) in [5, 5.41) is 14.7. The topological polar surface area (TPSA) is 77.0 Å². The Balaban J connectivity index is 1.30. The summed E-state index contributed by atoms with van der Waals surface area (Å²) >= 11 is 0. The van der Waals surface area contributed by atoms with Gasteiger partial charge in [-0.25, -0.2) is 9.97 Å². The fraction of sp³-hybridized carbons (Fsp3) is 0.583. The first-order valence-corrected chi connectivity index (χ1v) is 11.6. The van der Waals surface area contributed by atoms with Gasteiger partial charge < -0.3 is 25.0 Å². The molecule has 3 heterocycles. The third-order valence-electron chi connectivity index (χ3n) is 6.26. The van der Waals surface area contributed by atoms with Crippen molar-refractivity contribution in [3.05, 3.63) is 47.8 Å². The Kier molecular flexibility index (Phi) is 7.57. The highest BCUT2D eigenvalue weighted by atomic mass is 16.5. The van der Waals surface area contributed by atoms with E-state index >= 15 is 0 Å². The molecule has 0 spiro atoms. The number of piperidine rings is 1. The second-order valence-corrected chi connectivity index (χ2v) is 9.19. The van der Waals surface area contributed by atoms with Crippen molar-refractivity contribution >= 4 is 11.6 Å². The van der Waals surface area contributed by atoms with Crippen molar-refractivity contribution in [2.75, 3.05) is 69.8 Å². The van der Waals surface area contributed by atoms with Crippen LogP contribution < -0.4 is 15.1 Å². The van der Waals surface area contributed by atoms with Crippen LogP contribution in [0.2, 0.25) is 0 Å². The van der Waals surface area contributed by atoms with E-state index in [1.54, 1.807) is 6.33 Å². The molecule has 1 atom stereocenters. The fourth-order valence-corrected chi connectivity index (χ4v) is 4.50. The molecule has 0 unspecified atom stereocenters. The molecule has 2 aliphatic heterocycles. The van der Waals surface area contributed by atoms with Crippen LogP contribution in [0.1, 0.15) is 24.0 Å². The number of nitrogens with one attached hydrogen (secondary N) is 1. The lowest BCUT2D eigenvalue weighted by molar-refractivity contribution is 0.0259. The lowest BCUT2D eigenvalue weighted by Crippen LogP contribution is -2.53. The van der Waals surface area contributed by atoms with Crippen LogP contribution in [0.4, 0.5) is 11.6 Å². The number of ether oxygens (including phenoxy) is 1. The Morgan fingerprint density at radius 3 is 2.75 bits per heavy atom. The molecule has 2 fully saturated rings. The largest absolute Gasteiger partial charge is 0.387 e. The van der Waals surface area contributed by atoms with E-state index in [0.717, 1.165) is 70.4 Å². The lowest BCUT2D eigenvalue weighted by Gasteiger charge is -2.40. The van der Waals surface area contributed by atoms with Gasteiger partial charge in [0.05, 0.1) is 18.8 Å². The van der Waals surface area contributed by atoms with Gasteiger partial charge in [-0.1, -0.05) is 24.3 Å². The van der Waals surface area contributed by atoms with Crippen LogP contribution in [0.15, 0.2) is 36.7 Å². The minimum Gasteiger partial charge on any atom is -0.387 e. The standard InChI is InChI=1S/C24H36N6O2/c1-28(2)22-14-23(27-19-26-22)30-8-4-7-24(31,18-30)17-25-15-20-5-3-6-21(13-20)16-29-9-11-32-12-10-29/h3,5-6,13-14,19,25,31H,4,7-12,15-18H2,1-2H3/t24-/m0/s1. The van der Waals surface area contributed by atoms with Crippen molar-refractivity contribution in [1.29, 1.82) is 0 Å². The van der Waals surface area contributed by atoms with Crippen molar-refractivity contribution in [2.45, 2.75) is 31.5 Å². The first-order chi connectivity index (χ1) is 15.5. The molecule has 2 N–H and O–H groups in total. The van der Waals surface area contributed by atoms with Crippen LogP contribution in [0.3, 0.4) is 0 Å². The van der Waals surface area contributed by atoms with Crippen LogP contribution in [-0.2, 0) is 17.8 Å². The summed E-state index contributed by atoms with van der Waals surface area (Å²) in [5.41, 5.74) is 1.81. The summed E-state index contributed by atoms with van der Waals surface area (Å²) in [6, 6.07) is 10.7. The van der Waals surface area contributed by atoms with Gasteiger partial charge in [0, 0.05) is 66.0 Å². The molecule has 1 aromatic heterocycles. The first kappa shape index (κ1) is 22.9. The molecule has 174 valence electrons. The predicted octanol–water partition coefficient (Wildman–Crippen LogP) is 1.50. The van der Waals surface area contributed by atoms with E-state index in [2.05, 4.69) is 49.4 Å². The molecule has 1 aromatic carbocycles. The number of anilines is 2. The summed E-state index contributed by atoms with van der Waals surface area (Å²) in [4.78, 5) is 15.3. The normalized spacial score (nSPS) is 22.2. The van der Waals surface area contributed by atoms with Gasteiger partial charge in [0.1, 0.15) is 18.0 Å². The smallest absolute Gasteiger partial charge is 0.134 e. The number of hydrogen-bond donors (Lipinski definition) is 2. The lowest BCUT2D eigenvalue weighted by atomic mass is 9.92. The minimum atomic E-state index is -0.771. The third kappa shape index (κ3) is 6.16. The second kappa shape index (κ2) is 10.6. The van der Waals surface area contributed by atoms with Gasteiger partial charge in [0.15, 0.2) is 0 Å². The van der Waals surface area contributed by atoms with E-state index in [1.165, 1.54) is 11.1 Å². The zero-order chi connectivity index (χ0) is 22.4. The molecule has 0 aliphatic carbocycles. The summed E-state index contributed by atoms with van der Waals surface area (Å²) in [5.74, 6) is 1.75. The van der Waals surface area contributed by atoms with Crippen molar-refractivity contribution in [2.24, 2.45) is 0 Å². The summed E-state index contributed by atoms with van der Waals surface area (Å²) < 4.78 is 5.45. The monoisotopic (exact) mass is 440 g/mol. The maximum atomic E-state index is 11.3. The highest BCUT2D eigenvalue weighted by molar-refractivity contribution is 5.49. The summed E-state index contributed by atoms with van der Waals surface area (Å²) in [6.45, 7) is 7.37. The maximum Gasteiger partial charge on any atom is 0.134 e. The molecular formula is C24H36N6O2. The SMILES string of the molecule is CN(C)c1cc(N2CCC[C@](O)(CNCc3cccc(CN4CCOCC4)c3)C2)ncn1. The second-order valence-electron chi connectivity index (χ2n) is 9.19. The highest BCUT2D eigenvalue weighted by Crippen LogP contribution is 2.26. The van der Waals surface area contributed by atoms with Crippen LogP contribution in [0.5, 0.6) is 0 Å². The number of nitrogens with zero attached hydrogens (tertiary/aromatic N) is 5. The first-order valence-electron chi connectivity index (χ1n) is 11.6. The Bertz CT molecular complexity index is 873. The van der Waals surface area contributed by atoms with Crippen LogP contribution in [0.25, 0.3) is 0 Å². The van der Waals surface area contributed by atoms with Crippen LogP contribution >= 0.6 is 0 Å². The Morgan fingerprint density at radius 2 is 1.94 bits per heavy atom. The van der Waals surface area contributed by atoms with E-state index in [4.69, 9.17) is 4.74 Å². The number of β-amino-alcohol motifs (C(OH)–C–C–N with tert-alkyl or cyclic N) is 1. The molecule has 0 amide bonds. The van der Waals surface area contributed by atoms with Gasteiger partial charge in [0.2, 0.25) is 0 Å². The molecule has 2 saturated heterocycles. The summed E-state index contributed by atoms with van der Waals surface area (Å²) in [7, 11) is 3.94. The molecule has 2 aromatic rings. The van der Waals surface area contributed by atoms with E-state index in [9.17, 15) is 5.11 Å². The Hall–Kier alpha value is -2.26. The van der Waals surface area contributed by atoms with Crippen molar-refractivity contribution in [1.82, 2.24) is 20.2 Å². The average Bonchev–Trinajstić information content (AvgIpc) is 2.80. The minimum absolute atomic E-state index is 0.558. The molecule has 0 bridgehead atoms. The summed E-state index contributed by atoms with van der Waals surface area (Å²) in [6.07, 6.45) is 3.33. The number of hydrogen-bond acceptors (Lipinski definition) is 8. The highest BCUT2D eigenvalue weighted by Gasteiger charge is 2.33. The third-order valence-corrected chi connectivity index (χ3v) is 6.26. The molecule has 8 heteroatoms. The maximum absolute atomic E-state index is 11.3. The number of aromatic nitrogens is 2. The Labute approximate surface area is 191 Å². The predicted molar refractivity (Wildman–Crippen MR) is 127 cm³/mol. The number of rotatable bonds is 8. The number of morpholine rings is 1. The molecule has 8 nitrogen and oxygen atoms in total. The van der Waals surface area contributed by atoms with Crippen molar-refractivity contribution in [3.63, 3.8) is 0 Å². The van der Waals surface area contributed by atoms with E-state index in [0.29, 0.717) is 13.1 Å². The van der Waals surface area contributed by atoms with Crippen molar-refractivity contribution in [3.8, 4) is 0 Å². The van der Waals surface area contributed by atoms with E-state index in [-0.39, 0.29) is 0 Å². The number of aliphatic hydroxyl groups is 1. The van der Waals surface area contributed by atoms with E-state index < -0.39 is 5.60 Å². The van der Waals surface area contributed by atoms with Gasteiger partial charge in [-0.15, -0.1) is 0 Å². The van der Waals surface area contributed by atoms with Crippen molar-refractivity contribution < 1.29 is 9.84 Å². The molecule has 4 rings (SSSR count). The quantitative estimate of drug-likeness (QED) is 0.640. The van der Waals surface area contributed by atoms with Gasteiger partial charge >= 0.3 is 0 Å². The molecule has 32 heavy (non-hydrogen) atoms. The molecular weight excluding hydrogens is 404 g/mol.